The smallest absolute Gasteiger partial charge is 0.138 e. The molecule has 0 radical (unpaired) electrons. The lowest BCUT2D eigenvalue weighted by Crippen LogP contribution is -2.08. The summed E-state index contributed by atoms with van der Waals surface area (Å²) in [5.41, 5.74) is 6.22. The number of ether oxygens (including phenoxy) is 1. The molecule has 1 saturated carbocycles. The van der Waals surface area contributed by atoms with Crippen LogP contribution in [0, 0.1) is 12.8 Å². The second-order valence-corrected chi connectivity index (χ2v) is 8.95. The SMILES string of the molecule is C/C=C\C=C(\COc1cccc(C)c1Cl)C(C)=NC.CC(C)=C(C)C1CCCCCC1. The Morgan fingerprint density at radius 3 is 2.29 bits per heavy atom. The number of halogens is 1. The van der Waals surface area contributed by atoms with Crippen molar-refractivity contribution in [3.05, 3.63) is 63.7 Å². The van der Waals surface area contributed by atoms with Gasteiger partial charge < -0.3 is 4.74 Å². The third kappa shape index (κ3) is 9.91. The van der Waals surface area contributed by atoms with Gasteiger partial charge in [-0.3, -0.25) is 4.99 Å². The van der Waals surface area contributed by atoms with E-state index < -0.39 is 0 Å². The maximum Gasteiger partial charge on any atom is 0.138 e. The van der Waals surface area contributed by atoms with Crippen molar-refractivity contribution < 1.29 is 4.74 Å². The van der Waals surface area contributed by atoms with Gasteiger partial charge in [0.05, 0.1) is 5.02 Å². The molecule has 1 fully saturated rings. The number of benzene rings is 1. The van der Waals surface area contributed by atoms with Crippen LogP contribution in [0.2, 0.25) is 5.02 Å². The number of nitrogens with zero attached hydrogens (tertiary/aromatic N) is 1. The first kappa shape index (κ1) is 27.2. The van der Waals surface area contributed by atoms with E-state index in [-0.39, 0.29) is 0 Å². The zero-order valence-electron chi connectivity index (χ0n) is 20.7. The lowest BCUT2D eigenvalue weighted by Gasteiger charge is -2.16. The maximum atomic E-state index is 6.21. The third-order valence-electron chi connectivity index (χ3n) is 6.09. The standard InChI is InChI=1S/C16H20ClNO.C12H22/c1-5-6-9-14(13(3)18-4)11-19-15-10-7-8-12(2)16(15)17;1-10(2)11(3)12-8-6-4-5-7-9-12/h5-10H,11H2,1-4H3;12H,4-9H2,1-3H3/b6-5-,14-9-,18-13?;. The van der Waals surface area contributed by atoms with E-state index >= 15 is 0 Å². The number of rotatable bonds is 6. The lowest BCUT2D eigenvalue weighted by molar-refractivity contribution is 0.357. The molecule has 3 heteroatoms. The minimum Gasteiger partial charge on any atom is -0.487 e. The largest absolute Gasteiger partial charge is 0.487 e. The zero-order chi connectivity index (χ0) is 23.2. The van der Waals surface area contributed by atoms with E-state index in [2.05, 4.69) is 25.8 Å². The van der Waals surface area contributed by atoms with Crippen LogP contribution in [0.1, 0.15) is 78.7 Å². The van der Waals surface area contributed by atoms with E-state index in [4.69, 9.17) is 16.3 Å². The molecule has 1 aliphatic carbocycles. The van der Waals surface area contributed by atoms with Gasteiger partial charge in [-0.25, -0.2) is 0 Å². The Hall–Kier alpha value is -1.80. The fourth-order valence-corrected chi connectivity index (χ4v) is 3.82. The van der Waals surface area contributed by atoms with Gasteiger partial charge in [-0.15, -0.1) is 0 Å². The molecule has 0 spiro atoms. The molecule has 2 nitrogen and oxygen atoms in total. The molecule has 0 saturated heterocycles. The summed E-state index contributed by atoms with van der Waals surface area (Å²) in [5, 5.41) is 0.666. The van der Waals surface area contributed by atoms with E-state index in [1.54, 1.807) is 18.2 Å². The normalized spacial score (nSPS) is 15.9. The molecule has 0 aromatic heterocycles. The first-order chi connectivity index (χ1) is 14.8. The highest BCUT2D eigenvalue weighted by molar-refractivity contribution is 6.32. The Balaban J connectivity index is 0.000000343. The predicted molar refractivity (Wildman–Crippen MR) is 139 cm³/mol. The Bertz CT molecular complexity index is 789. The van der Waals surface area contributed by atoms with Gasteiger partial charge in [0.15, 0.2) is 0 Å². The highest BCUT2D eigenvalue weighted by atomic mass is 35.5. The van der Waals surface area contributed by atoms with Crippen molar-refractivity contribution in [1.82, 2.24) is 0 Å². The van der Waals surface area contributed by atoms with Crippen LogP contribution in [0.15, 0.2) is 58.1 Å². The molecular formula is C28H42ClNO. The summed E-state index contributed by atoms with van der Waals surface area (Å²) in [7, 11) is 1.78. The number of aliphatic imine (C=N–C) groups is 1. The highest BCUT2D eigenvalue weighted by Gasteiger charge is 2.14. The van der Waals surface area contributed by atoms with E-state index in [0.717, 1.165) is 22.8 Å². The molecule has 0 aliphatic heterocycles. The van der Waals surface area contributed by atoms with Gasteiger partial charge in [-0.05, 0) is 71.9 Å². The second-order valence-electron chi connectivity index (χ2n) is 8.57. The van der Waals surface area contributed by atoms with Gasteiger partial charge >= 0.3 is 0 Å². The summed E-state index contributed by atoms with van der Waals surface area (Å²) in [6.45, 7) is 13.2. The summed E-state index contributed by atoms with van der Waals surface area (Å²) in [5.74, 6) is 1.62. The Morgan fingerprint density at radius 2 is 1.74 bits per heavy atom. The average Bonchev–Trinajstić information content (AvgIpc) is 3.05. The minimum absolute atomic E-state index is 0.455. The molecule has 0 N–H and O–H groups in total. The summed E-state index contributed by atoms with van der Waals surface area (Å²) >= 11 is 6.21. The van der Waals surface area contributed by atoms with Crippen LogP contribution in [-0.2, 0) is 0 Å². The number of hydrogen-bond acceptors (Lipinski definition) is 2. The summed E-state index contributed by atoms with van der Waals surface area (Å²) in [6.07, 6.45) is 14.7. The summed E-state index contributed by atoms with van der Waals surface area (Å²) in [4.78, 5) is 4.20. The van der Waals surface area contributed by atoms with Crippen LogP contribution in [0.5, 0.6) is 5.75 Å². The quantitative estimate of drug-likeness (QED) is 0.186. The van der Waals surface area contributed by atoms with E-state index in [0.29, 0.717) is 17.4 Å². The first-order valence-electron chi connectivity index (χ1n) is 11.6. The molecule has 1 aromatic rings. The van der Waals surface area contributed by atoms with Gasteiger partial charge in [-0.1, -0.05) is 78.8 Å². The summed E-state index contributed by atoms with van der Waals surface area (Å²) in [6, 6.07) is 5.78. The molecular weight excluding hydrogens is 402 g/mol. The van der Waals surface area contributed by atoms with Crippen LogP contribution >= 0.6 is 11.6 Å². The van der Waals surface area contributed by atoms with Crippen molar-refractivity contribution in [3.8, 4) is 5.75 Å². The monoisotopic (exact) mass is 443 g/mol. The van der Waals surface area contributed by atoms with Gasteiger partial charge in [0.2, 0.25) is 0 Å². The lowest BCUT2D eigenvalue weighted by atomic mass is 9.90. The second kappa shape index (κ2) is 15.1. The van der Waals surface area contributed by atoms with Gasteiger partial charge in [0.25, 0.3) is 0 Å². The Morgan fingerprint density at radius 1 is 1.10 bits per heavy atom. The molecule has 172 valence electrons. The molecule has 0 amide bonds. The maximum absolute atomic E-state index is 6.21. The van der Waals surface area contributed by atoms with E-state index in [1.807, 2.05) is 57.2 Å². The van der Waals surface area contributed by atoms with Crippen molar-refractivity contribution in [1.29, 1.82) is 0 Å². The average molecular weight is 444 g/mol. The topological polar surface area (TPSA) is 21.6 Å². The number of aryl methyl sites for hydroxylation is 1. The third-order valence-corrected chi connectivity index (χ3v) is 6.57. The van der Waals surface area contributed by atoms with Gasteiger partial charge in [0, 0.05) is 18.3 Å². The zero-order valence-corrected chi connectivity index (χ0v) is 21.5. The number of hydrogen-bond donors (Lipinski definition) is 0. The van der Waals surface area contributed by atoms with Crippen molar-refractivity contribution in [2.45, 2.75) is 80.1 Å². The molecule has 0 atom stereocenters. The van der Waals surface area contributed by atoms with Crippen molar-refractivity contribution in [3.63, 3.8) is 0 Å². The molecule has 1 aromatic carbocycles. The van der Waals surface area contributed by atoms with Crippen LogP contribution in [0.4, 0.5) is 0 Å². The van der Waals surface area contributed by atoms with Crippen LogP contribution in [0.3, 0.4) is 0 Å². The van der Waals surface area contributed by atoms with Gasteiger partial charge in [-0.2, -0.15) is 0 Å². The fourth-order valence-electron chi connectivity index (χ4n) is 3.64. The van der Waals surface area contributed by atoms with Gasteiger partial charge in [0.1, 0.15) is 12.4 Å². The van der Waals surface area contributed by atoms with Crippen molar-refractivity contribution in [2.24, 2.45) is 10.9 Å². The molecule has 31 heavy (non-hydrogen) atoms. The van der Waals surface area contributed by atoms with Crippen molar-refractivity contribution in [2.75, 3.05) is 13.7 Å². The molecule has 0 heterocycles. The first-order valence-corrected chi connectivity index (χ1v) is 12.0. The van der Waals surface area contributed by atoms with E-state index in [9.17, 15) is 0 Å². The minimum atomic E-state index is 0.455. The highest BCUT2D eigenvalue weighted by Crippen LogP contribution is 2.30. The Kier molecular flexibility index (Phi) is 13.2. The van der Waals surface area contributed by atoms with Crippen molar-refractivity contribution >= 4 is 17.3 Å². The van der Waals surface area contributed by atoms with E-state index in [1.165, 1.54) is 38.5 Å². The van der Waals surface area contributed by atoms with Crippen LogP contribution in [0.25, 0.3) is 0 Å². The fraction of sp³-hybridized carbons (Fsp3) is 0.536. The van der Waals surface area contributed by atoms with Crippen LogP contribution in [-0.4, -0.2) is 19.4 Å². The number of allylic oxidation sites excluding steroid dienone is 5. The predicted octanol–water partition coefficient (Wildman–Crippen LogP) is 8.93. The summed E-state index contributed by atoms with van der Waals surface area (Å²) < 4.78 is 5.78. The molecule has 1 aliphatic rings. The molecule has 2 rings (SSSR count). The molecule has 0 unspecified atom stereocenters. The molecule has 0 bridgehead atoms. The Labute approximate surface area is 196 Å². The van der Waals surface area contributed by atoms with Crippen LogP contribution < -0.4 is 4.74 Å².